The molecule has 0 saturated carbocycles. The predicted molar refractivity (Wildman–Crippen MR) is 70.7 cm³/mol. The Hall–Kier alpha value is -1.13. The first-order valence-electron chi connectivity index (χ1n) is 6.42. The molecule has 1 aromatic carbocycles. The minimum absolute atomic E-state index is 0.252. The monoisotopic (exact) mass is 252 g/mol. The highest BCUT2D eigenvalue weighted by atomic mass is 19.1. The summed E-state index contributed by atoms with van der Waals surface area (Å²) in [4.78, 5) is 0. The molecule has 1 saturated heterocycles. The molecule has 1 fully saturated rings. The number of hydrogen-bond donors (Lipinski definition) is 2. The van der Waals surface area contributed by atoms with Gasteiger partial charge in [0.1, 0.15) is 5.82 Å². The molecule has 0 radical (unpaired) electrons. The lowest BCUT2D eigenvalue weighted by Gasteiger charge is -2.33. The average Bonchev–Trinajstić information content (AvgIpc) is 2.35. The Morgan fingerprint density at radius 3 is 2.83 bits per heavy atom. The molecule has 0 aromatic heterocycles. The van der Waals surface area contributed by atoms with E-state index in [0.29, 0.717) is 6.54 Å². The van der Waals surface area contributed by atoms with Crippen molar-refractivity contribution in [1.29, 1.82) is 0 Å². The van der Waals surface area contributed by atoms with E-state index < -0.39 is 0 Å². The molecule has 2 rings (SSSR count). The summed E-state index contributed by atoms with van der Waals surface area (Å²) in [6, 6.07) is 4.94. The molecule has 0 aliphatic carbocycles. The highest BCUT2D eigenvalue weighted by Crippen LogP contribution is 2.28. The van der Waals surface area contributed by atoms with Crippen LogP contribution in [0.1, 0.15) is 25.3 Å². The van der Waals surface area contributed by atoms with Gasteiger partial charge in [0.15, 0.2) is 0 Å². The van der Waals surface area contributed by atoms with E-state index in [-0.39, 0.29) is 16.9 Å². The molecule has 0 bridgehead atoms. The van der Waals surface area contributed by atoms with Gasteiger partial charge in [-0.25, -0.2) is 4.39 Å². The number of nitrogens with one attached hydrogen (secondary N) is 1. The molecule has 0 atom stereocenters. The minimum Gasteiger partial charge on any atom is -0.396 e. The van der Waals surface area contributed by atoms with Crippen molar-refractivity contribution in [3.8, 4) is 0 Å². The van der Waals surface area contributed by atoms with Crippen LogP contribution in [0.15, 0.2) is 18.2 Å². The van der Waals surface area contributed by atoms with Crippen LogP contribution in [0, 0.1) is 11.2 Å². The Bertz CT molecular complexity index is 403. The molecule has 1 heterocycles. The summed E-state index contributed by atoms with van der Waals surface area (Å²) in [5.74, 6) is -0.341. The van der Waals surface area contributed by atoms with E-state index in [2.05, 4.69) is 12.2 Å². The normalized spacial score (nSPS) is 18.8. The smallest absolute Gasteiger partial charge is 0.146 e. The van der Waals surface area contributed by atoms with Gasteiger partial charge in [-0.2, -0.15) is 0 Å². The van der Waals surface area contributed by atoms with Gasteiger partial charge in [-0.15, -0.1) is 0 Å². The second kappa shape index (κ2) is 5.67. The van der Waals surface area contributed by atoms with Crippen molar-refractivity contribution in [1.82, 2.24) is 5.32 Å². The zero-order valence-corrected chi connectivity index (χ0v) is 10.8. The molecular weight excluding hydrogens is 231 g/mol. The maximum atomic E-state index is 13.3. The van der Waals surface area contributed by atoms with Crippen molar-refractivity contribution in [3.63, 3.8) is 0 Å². The molecular formula is C14H21FN2O. The number of benzene rings is 1. The van der Waals surface area contributed by atoms with Gasteiger partial charge in [0.25, 0.3) is 0 Å². The summed E-state index contributed by atoms with van der Waals surface area (Å²) in [5, 5.41) is 3.38. The fraction of sp³-hybridized carbons (Fsp3) is 0.571. The van der Waals surface area contributed by atoms with Gasteiger partial charge in [-0.1, -0.05) is 19.1 Å². The van der Waals surface area contributed by atoms with Crippen molar-refractivity contribution >= 4 is 5.69 Å². The third-order valence-corrected chi connectivity index (χ3v) is 3.71. The van der Waals surface area contributed by atoms with Crippen LogP contribution >= 0.6 is 0 Å². The van der Waals surface area contributed by atoms with Gasteiger partial charge in [0, 0.05) is 26.3 Å². The highest BCUT2D eigenvalue weighted by Gasteiger charge is 2.26. The molecule has 1 aromatic rings. The van der Waals surface area contributed by atoms with Gasteiger partial charge >= 0.3 is 0 Å². The third-order valence-electron chi connectivity index (χ3n) is 3.71. The number of anilines is 1. The molecule has 0 spiro atoms. The lowest BCUT2D eigenvalue weighted by molar-refractivity contribution is 0.0240. The Kier molecular flexibility index (Phi) is 4.19. The lowest BCUT2D eigenvalue weighted by Crippen LogP contribution is -2.36. The first-order chi connectivity index (χ1) is 8.61. The summed E-state index contributed by atoms with van der Waals surface area (Å²) >= 11 is 0. The maximum Gasteiger partial charge on any atom is 0.146 e. The summed E-state index contributed by atoms with van der Waals surface area (Å²) in [6.07, 6.45) is 2.14. The fourth-order valence-corrected chi connectivity index (χ4v) is 2.28. The largest absolute Gasteiger partial charge is 0.396 e. The van der Waals surface area contributed by atoms with Gasteiger partial charge < -0.3 is 15.8 Å². The van der Waals surface area contributed by atoms with Crippen LogP contribution in [0.4, 0.5) is 10.1 Å². The molecule has 100 valence electrons. The van der Waals surface area contributed by atoms with Crippen molar-refractivity contribution < 1.29 is 9.13 Å². The molecule has 3 nitrogen and oxygen atoms in total. The number of para-hydroxylation sites is 1. The Morgan fingerprint density at radius 2 is 2.11 bits per heavy atom. The third kappa shape index (κ3) is 3.21. The summed E-state index contributed by atoms with van der Waals surface area (Å²) in [5.41, 5.74) is 7.05. The predicted octanol–water partition coefficient (Wildman–Crippen LogP) is 2.31. The van der Waals surface area contributed by atoms with Crippen LogP contribution in [-0.4, -0.2) is 19.8 Å². The number of nitrogen functional groups attached to an aromatic ring is 1. The Morgan fingerprint density at radius 1 is 1.39 bits per heavy atom. The van der Waals surface area contributed by atoms with E-state index in [1.165, 1.54) is 6.07 Å². The first kappa shape index (κ1) is 13.3. The molecule has 0 amide bonds. The average molecular weight is 252 g/mol. The van der Waals surface area contributed by atoms with Crippen LogP contribution in [0.2, 0.25) is 0 Å². The second-order valence-electron chi connectivity index (χ2n) is 5.34. The molecule has 18 heavy (non-hydrogen) atoms. The topological polar surface area (TPSA) is 47.3 Å². The Labute approximate surface area is 108 Å². The SMILES string of the molecule is CC1(CNCc2cccc(F)c2N)CCOCC1. The van der Waals surface area contributed by atoms with Crippen molar-refractivity contribution in [2.75, 3.05) is 25.5 Å². The van der Waals surface area contributed by atoms with Crippen LogP contribution in [0.3, 0.4) is 0 Å². The zero-order valence-electron chi connectivity index (χ0n) is 10.8. The molecule has 1 aliphatic rings. The standard InChI is InChI=1S/C14H21FN2O/c1-14(5-7-18-8-6-14)10-17-9-11-3-2-4-12(15)13(11)16/h2-4,17H,5-10,16H2,1H3. The Balaban J connectivity index is 1.86. The van der Waals surface area contributed by atoms with Gasteiger partial charge in [0.05, 0.1) is 5.69 Å². The van der Waals surface area contributed by atoms with E-state index in [1.54, 1.807) is 6.07 Å². The van der Waals surface area contributed by atoms with Crippen LogP contribution in [-0.2, 0) is 11.3 Å². The number of ether oxygens (including phenoxy) is 1. The van der Waals surface area contributed by atoms with E-state index in [1.807, 2.05) is 6.07 Å². The number of nitrogens with two attached hydrogens (primary N) is 1. The van der Waals surface area contributed by atoms with Crippen molar-refractivity contribution in [3.05, 3.63) is 29.6 Å². The summed E-state index contributed by atoms with van der Waals surface area (Å²) in [7, 11) is 0. The fourth-order valence-electron chi connectivity index (χ4n) is 2.28. The van der Waals surface area contributed by atoms with Crippen LogP contribution < -0.4 is 11.1 Å². The molecule has 3 N–H and O–H groups in total. The van der Waals surface area contributed by atoms with Crippen LogP contribution in [0.25, 0.3) is 0 Å². The zero-order chi connectivity index (χ0) is 13.0. The van der Waals surface area contributed by atoms with Crippen molar-refractivity contribution in [2.45, 2.75) is 26.3 Å². The highest BCUT2D eigenvalue weighted by molar-refractivity contribution is 5.47. The molecule has 4 heteroatoms. The van der Waals surface area contributed by atoms with Crippen molar-refractivity contribution in [2.24, 2.45) is 5.41 Å². The van der Waals surface area contributed by atoms with Gasteiger partial charge in [-0.3, -0.25) is 0 Å². The second-order valence-corrected chi connectivity index (χ2v) is 5.34. The van der Waals surface area contributed by atoms with Gasteiger partial charge in [-0.05, 0) is 29.9 Å². The van der Waals surface area contributed by atoms with E-state index in [9.17, 15) is 4.39 Å². The van der Waals surface area contributed by atoms with E-state index in [0.717, 1.165) is 38.2 Å². The number of rotatable bonds is 4. The number of halogens is 1. The van der Waals surface area contributed by atoms with E-state index in [4.69, 9.17) is 10.5 Å². The summed E-state index contributed by atoms with van der Waals surface area (Å²) in [6.45, 7) is 5.45. The van der Waals surface area contributed by atoms with Gasteiger partial charge in [0.2, 0.25) is 0 Å². The van der Waals surface area contributed by atoms with Crippen LogP contribution in [0.5, 0.6) is 0 Å². The first-order valence-corrected chi connectivity index (χ1v) is 6.42. The minimum atomic E-state index is -0.341. The summed E-state index contributed by atoms with van der Waals surface area (Å²) < 4.78 is 18.6. The van der Waals surface area contributed by atoms with E-state index >= 15 is 0 Å². The quantitative estimate of drug-likeness (QED) is 0.808. The molecule has 1 aliphatic heterocycles. The number of hydrogen-bond acceptors (Lipinski definition) is 3. The molecule has 0 unspecified atom stereocenters. The lowest BCUT2D eigenvalue weighted by atomic mass is 9.82. The maximum absolute atomic E-state index is 13.3.